The van der Waals surface area contributed by atoms with Crippen LogP contribution in [0.3, 0.4) is 0 Å². The molecule has 8 rings (SSSR count). The Balaban J connectivity index is 1.53. The Morgan fingerprint density at radius 2 is 0.725 bits per heavy atom. The first-order valence-corrected chi connectivity index (χ1v) is 13.3. The molecule has 0 bridgehead atoms. The molecule has 0 fully saturated rings. The van der Waals surface area contributed by atoms with Crippen molar-refractivity contribution in [3.05, 3.63) is 134 Å². The molecule has 0 radical (unpaired) electrons. The minimum Gasteiger partial charge on any atom is -0.234 e. The van der Waals surface area contributed by atoms with Crippen LogP contribution in [-0.2, 0) is 0 Å². The molecule has 0 saturated carbocycles. The van der Waals surface area contributed by atoms with Gasteiger partial charge in [-0.2, -0.15) is 0 Å². The Morgan fingerprint density at radius 3 is 1.12 bits per heavy atom. The molecule has 186 valence electrons. The van der Waals surface area contributed by atoms with Gasteiger partial charge in [0.05, 0.1) is 11.4 Å². The maximum absolute atomic E-state index is 5.12. The van der Waals surface area contributed by atoms with E-state index >= 15 is 0 Å². The fourth-order valence-electron chi connectivity index (χ4n) is 5.80. The van der Waals surface area contributed by atoms with Crippen molar-refractivity contribution in [2.24, 2.45) is 0 Å². The molecule has 0 aliphatic heterocycles. The summed E-state index contributed by atoms with van der Waals surface area (Å²) in [7, 11) is 0. The van der Waals surface area contributed by atoms with Crippen LogP contribution in [0.4, 0.5) is 0 Å². The standard InChI is InChI=1S/C36H22N4/c1-5-14-27-23(10-1)20-24-11-2-6-15-28(24)33(27)31-22-32(40-36(39-31)35-37-18-9-19-38-35)34-29-16-7-3-12-25(29)21-26-13-4-8-17-30(26)34/h1-22H. The minimum absolute atomic E-state index is 0.500. The smallest absolute Gasteiger partial charge is 0.198 e. The number of hydrogen-bond acceptors (Lipinski definition) is 4. The lowest BCUT2D eigenvalue weighted by Gasteiger charge is -2.16. The Kier molecular flexibility index (Phi) is 5.10. The monoisotopic (exact) mass is 510 g/mol. The third kappa shape index (κ3) is 3.62. The van der Waals surface area contributed by atoms with Gasteiger partial charge in [-0.05, 0) is 67.4 Å². The van der Waals surface area contributed by atoms with E-state index in [9.17, 15) is 0 Å². The predicted molar refractivity (Wildman–Crippen MR) is 164 cm³/mol. The van der Waals surface area contributed by atoms with Gasteiger partial charge in [0, 0.05) is 23.5 Å². The van der Waals surface area contributed by atoms with Gasteiger partial charge in [-0.3, -0.25) is 0 Å². The van der Waals surface area contributed by atoms with E-state index in [0.717, 1.165) is 44.1 Å². The van der Waals surface area contributed by atoms with Crippen molar-refractivity contribution in [2.45, 2.75) is 0 Å². The van der Waals surface area contributed by atoms with E-state index in [0.29, 0.717) is 11.6 Å². The zero-order valence-corrected chi connectivity index (χ0v) is 21.5. The molecule has 0 saturated heterocycles. The number of hydrogen-bond donors (Lipinski definition) is 0. The molecule has 6 aromatic carbocycles. The maximum atomic E-state index is 5.12. The van der Waals surface area contributed by atoms with Gasteiger partial charge in [0.1, 0.15) is 0 Å². The molecular weight excluding hydrogens is 488 g/mol. The lowest BCUT2D eigenvalue weighted by Crippen LogP contribution is -2.00. The van der Waals surface area contributed by atoms with E-state index in [1.165, 1.54) is 21.5 Å². The van der Waals surface area contributed by atoms with Crippen molar-refractivity contribution < 1.29 is 0 Å². The Labute approximate surface area is 230 Å². The highest BCUT2D eigenvalue weighted by molar-refractivity contribution is 6.14. The van der Waals surface area contributed by atoms with Crippen LogP contribution in [0.15, 0.2) is 134 Å². The highest BCUT2D eigenvalue weighted by atomic mass is 15.0. The van der Waals surface area contributed by atoms with Crippen molar-refractivity contribution in [3.63, 3.8) is 0 Å². The molecule has 0 unspecified atom stereocenters. The molecule has 0 aliphatic carbocycles. The van der Waals surface area contributed by atoms with E-state index in [1.54, 1.807) is 12.4 Å². The summed E-state index contributed by atoms with van der Waals surface area (Å²) >= 11 is 0. The third-order valence-corrected chi connectivity index (χ3v) is 7.55. The van der Waals surface area contributed by atoms with Crippen LogP contribution in [0.1, 0.15) is 0 Å². The summed E-state index contributed by atoms with van der Waals surface area (Å²) in [5.74, 6) is 1.00. The van der Waals surface area contributed by atoms with Crippen LogP contribution in [0, 0.1) is 0 Å². The van der Waals surface area contributed by atoms with Crippen molar-refractivity contribution in [1.82, 2.24) is 19.9 Å². The Bertz CT molecular complexity index is 1980. The van der Waals surface area contributed by atoms with Crippen LogP contribution in [-0.4, -0.2) is 19.9 Å². The summed E-state index contributed by atoms with van der Waals surface area (Å²) < 4.78 is 0. The molecule has 0 atom stereocenters. The minimum atomic E-state index is 0.500. The van der Waals surface area contributed by atoms with Gasteiger partial charge in [0.2, 0.25) is 0 Å². The summed E-state index contributed by atoms with van der Waals surface area (Å²) in [6, 6.07) is 42.4. The summed E-state index contributed by atoms with van der Waals surface area (Å²) in [6.07, 6.45) is 3.47. The number of fused-ring (bicyclic) bond motifs is 4. The first kappa shape index (κ1) is 22.5. The van der Waals surface area contributed by atoms with Crippen LogP contribution < -0.4 is 0 Å². The van der Waals surface area contributed by atoms with E-state index < -0.39 is 0 Å². The highest BCUT2D eigenvalue weighted by Gasteiger charge is 2.19. The fourth-order valence-corrected chi connectivity index (χ4v) is 5.80. The maximum Gasteiger partial charge on any atom is 0.198 e. The summed E-state index contributed by atoms with van der Waals surface area (Å²) in [4.78, 5) is 19.3. The molecule has 2 aromatic heterocycles. The summed E-state index contributed by atoms with van der Waals surface area (Å²) in [5, 5.41) is 9.27. The van der Waals surface area contributed by atoms with Gasteiger partial charge in [-0.1, -0.05) is 97.1 Å². The number of aromatic nitrogens is 4. The van der Waals surface area contributed by atoms with Crippen molar-refractivity contribution in [3.8, 4) is 34.2 Å². The van der Waals surface area contributed by atoms with E-state index in [4.69, 9.17) is 9.97 Å². The second kappa shape index (κ2) is 9.07. The van der Waals surface area contributed by atoms with E-state index in [-0.39, 0.29) is 0 Å². The van der Waals surface area contributed by atoms with Gasteiger partial charge in [0.25, 0.3) is 0 Å². The lowest BCUT2D eigenvalue weighted by atomic mass is 9.92. The molecule has 4 nitrogen and oxygen atoms in total. The van der Waals surface area contributed by atoms with Crippen LogP contribution in [0.2, 0.25) is 0 Å². The van der Waals surface area contributed by atoms with E-state index in [1.807, 2.05) is 6.07 Å². The average molecular weight is 511 g/mol. The van der Waals surface area contributed by atoms with Gasteiger partial charge in [-0.15, -0.1) is 0 Å². The van der Waals surface area contributed by atoms with Crippen molar-refractivity contribution >= 4 is 43.1 Å². The van der Waals surface area contributed by atoms with Gasteiger partial charge >= 0.3 is 0 Å². The fraction of sp³-hybridized carbons (Fsp3) is 0. The Morgan fingerprint density at radius 1 is 0.350 bits per heavy atom. The van der Waals surface area contributed by atoms with Gasteiger partial charge in [-0.25, -0.2) is 19.9 Å². The number of nitrogens with zero attached hydrogens (tertiary/aromatic N) is 4. The molecule has 0 amide bonds. The second-order valence-corrected chi connectivity index (χ2v) is 9.92. The average Bonchev–Trinajstić information content (AvgIpc) is 3.02. The molecule has 0 N–H and O–H groups in total. The van der Waals surface area contributed by atoms with Crippen LogP contribution in [0.25, 0.3) is 77.3 Å². The van der Waals surface area contributed by atoms with Crippen molar-refractivity contribution in [1.29, 1.82) is 0 Å². The first-order valence-electron chi connectivity index (χ1n) is 13.3. The summed E-state index contributed by atoms with van der Waals surface area (Å²) in [5.41, 5.74) is 3.85. The zero-order chi connectivity index (χ0) is 26.5. The molecule has 2 heterocycles. The highest BCUT2D eigenvalue weighted by Crippen LogP contribution is 2.40. The number of rotatable bonds is 3. The van der Waals surface area contributed by atoms with Crippen LogP contribution >= 0.6 is 0 Å². The lowest BCUT2D eigenvalue weighted by molar-refractivity contribution is 1.09. The first-order chi connectivity index (χ1) is 19.8. The quantitative estimate of drug-likeness (QED) is 0.223. The van der Waals surface area contributed by atoms with Gasteiger partial charge < -0.3 is 0 Å². The third-order valence-electron chi connectivity index (χ3n) is 7.55. The van der Waals surface area contributed by atoms with Gasteiger partial charge in [0.15, 0.2) is 11.6 Å². The molecule has 40 heavy (non-hydrogen) atoms. The molecule has 4 heteroatoms. The van der Waals surface area contributed by atoms with Crippen molar-refractivity contribution in [2.75, 3.05) is 0 Å². The second-order valence-electron chi connectivity index (χ2n) is 9.92. The molecule has 0 aliphatic rings. The Hall–Kier alpha value is -5.48. The van der Waals surface area contributed by atoms with Crippen LogP contribution in [0.5, 0.6) is 0 Å². The largest absolute Gasteiger partial charge is 0.234 e. The zero-order valence-electron chi connectivity index (χ0n) is 21.5. The predicted octanol–water partition coefficient (Wildman–Crippen LogP) is 8.88. The summed E-state index contributed by atoms with van der Waals surface area (Å²) in [6.45, 7) is 0. The molecular formula is C36H22N4. The molecule has 8 aromatic rings. The normalized spacial score (nSPS) is 11.5. The molecule has 0 spiro atoms. The van der Waals surface area contributed by atoms with E-state index in [2.05, 4.69) is 125 Å². The SMILES string of the molecule is c1cnc(-c2nc(-c3c4ccccc4cc4ccccc34)cc(-c3c4ccccc4cc4ccccc34)n2)nc1. The topological polar surface area (TPSA) is 51.6 Å². The number of benzene rings is 6.